The Morgan fingerprint density at radius 3 is 2.64 bits per heavy atom. The molecule has 1 unspecified atom stereocenters. The van der Waals surface area contributed by atoms with Gasteiger partial charge in [-0.25, -0.2) is 25.5 Å². The summed E-state index contributed by atoms with van der Waals surface area (Å²) in [7, 11) is -6.83. The fourth-order valence-corrected chi connectivity index (χ4v) is 8.02. The van der Waals surface area contributed by atoms with Gasteiger partial charge in [0.2, 0.25) is 10.0 Å². The van der Waals surface area contributed by atoms with Crippen LogP contribution in [0.5, 0.6) is 0 Å². The van der Waals surface area contributed by atoms with Crippen molar-refractivity contribution in [2.45, 2.75) is 24.6 Å². The summed E-state index contributed by atoms with van der Waals surface area (Å²) in [5.41, 5.74) is 0.859. The quantitative estimate of drug-likeness (QED) is 0.762. The lowest BCUT2D eigenvalue weighted by atomic mass is 10.2. The fraction of sp³-hybridized carbons (Fsp3) is 0.625. The van der Waals surface area contributed by atoms with Crippen LogP contribution >= 0.6 is 0 Å². The van der Waals surface area contributed by atoms with E-state index in [-0.39, 0.29) is 23.7 Å². The molecule has 0 N–H and O–H groups in total. The molecule has 0 amide bonds. The second-order valence-corrected chi connectivity index (χ2v) is 11.2. The van der Waals surface area contributed by atoms with E-state index < -0.39 is 25.1 Å². The first-order chi connectivity index (χ1) is 11.8. The number of sulfone groups is 1. The molecular formula is C16H23FN2O4S2. The van der Waals surface area contributed by atoms with Crippen LogP contribution in [0.3, 0.4) is 0 Å². The smallest absolute Gasteiger partial charge is 0.218 e. The Hall–Kier alpha value is -1.03. The summed E-state index contributed by atoms with van der Waals surface area (Å²) in [6.07, 6.45) is 0.863. The zero-order valence-corrected chi connectivity index (χ0v) is 15.6. The number of hydrogen-bond acceptors (Lipinski definition) is 5. The lowest BCUT2D eigenvalue weighted by Crippen LogP contribution is -2.41. The third-order valence-corrected chi connectivity index (χ3v) is 9.12. The van der Waals surface area contributed by atoms with Gasteiger partial charge in [-0.05, 0) is 37.1 Å². The Bertz CT molecular complexity index is 826. The molecule has 1 atom stereocenters. The Balaban J connectivity index is 1.63. The molecule has 0 aliphatic carbocycles. The molecule has 6 nitrogen and oxygen atoms in total. The van der Waals surface area contributed by atoms with Gasteiger partial charge in [0.1, 0.15) is 5.82 Å². The van der Waals surface area contributed by atoms with E-state index in [1.54, 1.807) is 6.07 Å². The second kappa shape index (κ2) is 7.30. The average Bonchev–Trinajstić information content (AvgIpc) is 2.76. The Morgan fingerprint density at radius 2 is 1.96 bits per heavy atom. The minimum atomic E-state index is -3.59. The largest absolute Gasteiger partial charge is 0.298 e. The Morgan fingerprint density at radius 1 is 1.16 bits per heavy atom. The van der Waals surface area contributed by atoms with Crippen molar-refractivity contribution in [3.63, 3.8) is 0 Å². The highest BCUT2D eigenvalue weighted by Gasteiger charge is 2.40. The summed E-state index contributed by atoms with van der Waals surface area (Å²) in [5.74, 6) is -0.589. The monoisotopic (exact) mass is 390 g/mol. The maximum Gasteiger partial charge on any atom is 0.218 e. The molecule has 25 heavy (non-hydrogen) atoms. The third kappa shape index (κ3) is 4.58. The van der Waals surface area contributed by atoms with Crippen LogP contribution < -0.4 is 0 Å². The summed E-state index contributed by atoms with van der Waals surface area (Å²) in [6, 6.07) is 6.41. The van der Waals surface area contributed by atoms with Gasteiger partial charge in [0.15, 0.2) is 9.84 Å². The van der Waals surface area contributed by atoms with Crippen molar-refractivity contribution in [1.82, 2.24) is 9.21 Å². The Kier molecular flexibility index (Phi) is 5.48. The minimum absolute atomic E-state index is 0.0452. The number of benzene rings is 1. The van der Waals surface area contributed by atoms with E-state index in [9.17, 15) is 21.2 Å². The lowest BCUT2D eigenvalue weighted by molar-refractivity contribution is 0.278. The summed E-state index contributed by atoms with van der Waals surface area (Å²) >= 11 is 0. The molecule has 2 fully saturated rings. The van der Waals surface area contributed by atoms with E-state index in [0.29, 0.717) is 32.6 Å². The number of sulfonamides is 1. The van der Waals surface area contributed by atoms with Gasteiger partial charge in [-0.15, -0.1) is 0 Å². The molecule has 3 rings (SSSR count). The highest BCUT2D eigenvalue weighted by Crippen LogP contribution is 2.23. The summed E-state index contributed by atoms with van der Waals surface area (Å²) in [6.45, 7) is 2.59. The van der Waals surface area contributed by atoms with E-state index in [2.05, 4.69) is 4.90 Å². The predicted octanol–water partition coefficient (Wildman–Crippen LogP) is 0.850. The van der Waals surface area contributed by atoms with Crippen molar-refractivity contribution in [2.75, 3.05) is 37.7 Å². The summed E-state index contributed by atoms with van der Waals surface area (Å²) in [5, 5.41) is -0.813. The van der Waals surface area contributed by atoms with Gasteiger partial charge in [-0.1, -0.05) is 12.1 Å². The molecule has 0 bridgehead atoms. The summed E-state index contributed by atoms with van der Waals surface area (Å²) in [4.78, 5) is 2.11. The van der Waals surface area contributed by atoms with Crippen molar-refractivity contribution in [3.05, 3.63) is 35.6 Å². The van der Waals surface area contributed by atoms with Crippen LogP contribution in [0.2, 0.25) is 0 Å². The van der Waals surface area contributed by atoms with Gasteiger partial charge in [-0.3, -0.25) is 4.90 Å². The van der Waals surface area contributed by atoms with Gasteiger partial charge in [0.25, 0.3) is 0 Å². The van der Waals surface area contributed by atoms with Gasteiger partial charge in [-0.2, -0.15) is 0 Å². The van der Waals surface area contributed by atoms with E-state index in [1.807, 2.05) is 6.07 Å². The molecule has 2 heterocycles. The van der Waals surface area contributed by atoms with Crippen molar-refractivity contribution in [1.29, 1.82) is 0 Å². The molecule has 2 aliphatic rings. The standard InChI is InChI=1S/C16H23FN2O4S2/c17-15-4-1-3-14(11-15)12-18-6-2-7-19(9-8-18)25(22,23)16-5-10-24(20,21)13-16/h1,3-4,11,16H,2,5-10,12-13H2. The van der Waals surface area contributed by atoms with Crippen LogP contribution in [0.4, 0.5) is 4.39 Å². The zero-order valence-electron chi connectivity index (χ0n) is 14.0. The third-order valence-electron chi connectivity index (χ3n) is 4.81. The number of halogens is 1. The van der Waals surface area contributed by atoms with E-state index in [4.69, 9.17) is 0 Å². The van der Waals surface area contributed by atoms with Gasteiger partial charge >= 0.3 is 0 Å². The number of rotatable bonds is 4. The number of nitrogens with zero attached hydrogens (tertiary/aromatic N) is 2. The van der Waals surface area contributed by atoms with Crippen LogP contribution in [0.1, 0.15) is 18.4 Å². The van der Waals surface area contributed by atoms with E-state index in [1.165, 1.54) is 16.4 Å². The molecule has 0 radical (unpaired) electrons. The van der Waals surface area contributed by atoms with E-state index in [0.717, 1.165) is 12.1 Å². The molecule has 1 aromatic carbocycles. The van der Waals surface area contributed by atoms with Crippen molar-refractivity contribution in [3.8, 4) is 0 Å². The SMILES string of the molecule is O=S1(=O)CCC(S(=O)(=O)N2CCCN(Cc3cccc(F)c3)CC2)C1. The molecule has 2 aliphatic heterocycles. The lowest BCUT2D eigenvalue weighted by Gasteiger charge is -2.24. The fourth-order valence-electron chi connectivity index (χ4n) is 3.46. The highest BCUT2D eigenvalue weighted by molar-refractivity contribution is 7.95. The zero-order chi connectivity index (χ0) is 18.1. The molecule has 1 aromatic rings. The van der Waals surface area contributed by atoms with Crippen LogP contribution in [0.15, 0.2) is 24.3 Å². The van der Waals surface area contributed by atoms with Crippen molar-refractivity contribution < 1.29 is 21.2 Å². The highest BCUT2D eigenvalue weighted by atomic mass is 32.2. The maximum absolute atomic E-state index is 13.3. The molecule has 2 saturated heterocycles. The molecule has 9 heteroatoms. The van der Waals surface area contributed by atoms with Gasteiger partial charge < -0.3 is 0 Å². The van der Waals surface area contributed by atoms with E-state index >= 15 is 0 Å². The normalized spacial score (nSPS) is 25.7. The van der Waals surface area contributed by atoms with Crippen LogP contribution in [-0.4, -0.2) is 69.0 Å². The van der Waals surface area contributed by atoms with Crippen LogP contribution in [0.25, 0.3) is 0 Å². The predicted molar refractivity (Wildman–Crippen MR) is 93.8 cm³/mol. The maximum atomic E-state index is 13.3. The first-order valence-corrected chi connectivity index (χ1v) is 11.7. The Labute approximate surface area is 148 Å². The summed E-state index contributed by atoms with van der Waals surface area (Å²) < 4.78 is 63.4. The van der Waals surface area contributed by atoms with Crippen molar-refractivity contribution >= 4 is 19.9 Å². The van der Waals surface area contributed by atoms with Crippen molar-refractivity contribution in [2.24, 2.45) is 0 Å². The first kappa shape index (κ1) is 18.8. The first-order valence-electron chi connectivity index (χ1n) is 8.42. The molecular weight excluding hydrogens is 367 g/mol. The van der Waals surface area contributed by atoms with Gasteiger partial charge in [0, 0.05) is 26.2 Å². The topological polar surface area (TPSA) is 74.8 Å². The number of hydrogen-bond donors (Lipinski definition) is 0. The van der Waals surface area contributed by atoms with Gasteiger partial charge in [0.05, 0.1) is 16.8 Å². The second-order valence-electron chi connectivity index (χ2n) is 6.73. The van der Waals surface area contributed by atoms with Crippen LogP contribution in [0, 0.1) is 5.82 Å². The molecule has 0 saturated carbocycles. The molecule has 0 aromatic heterocycles. The average molecular weight is 391 g/mol. The molecule has 140 valence electrons. The minimum Gasteiger partial charge on any atom is -0.298 e. The van der Waals surface area contributed by atoms with Crippen LogP contribution in [-0.2, 0) is 26.4 Å². The molecule has 0 spiro atoms.